The fourth-order valence-corrected chi connectivity index (χ4v) is 2.58. The Kier molecular flexibility index (Phi) is 6.04. The third-order valence-electron chi connectivity index (χ3n) is 4.00. The number of hydrogen-bond donors (Lipinski definition) is 2. The van der Waals surface area contributed by atoms with Crippen LogP contribution in [-0.2, 0) is 0 Å². The Morgan fingerprint density at radius 1 is 1.33 bits per heavy atom. The number of likely N-dealkylation sites (tertiary alicyclic amines) is 1. The average molecular weight is 293 g/mol. The fraction of sp³-hybridized carbons (Fsp3) is 0.733. The molecular weight excluding hydrogens is 266 g/mol. The highest BCUT2D eigenvalue weighted by Crippen LogP contribution is 2.25. The molecule has 1 aliphatic heterocycles. The number of hydrogen-bond acceptors (Lipinski definition) is 6. The van der Waals surface area contributed by atoms with E-state index in [0.717, 1.165) is 19.5 Å². The van der Waals surface area contributed by atoms with Crippen molar-refractivity contribution in [3.8, 4) is 5.88 Å². The number of anilines is 2. The van der Waals surface area contributed by atoms with Gasteiger partial charge in [-0.3, -0.25) is 0 Å². The molecular formula is C15H27N5O. The molecule has 0 saturated carbocycles. The van der Waals surface area contributed by atoms with Gasteiger partial charge in [-0.1, -0.05) is 13.8 Å². The van der Waals surface area contributed by atoms with Gasteiger partial charge in [0.15, 0.2) is 5.82 Å². The summed E-state index contributed by atoms with van der Waals surface area (Å²) in [6.45, 7) is 9.33. The summed E-state index contributed by atoms with van der Waals surface area (Å²) in [5.74, 6) is 1.85. The predicted molar refractivity (Wildman–Crippen MR) is 85.6 cm³/mol. The Labute approximate surface area is 127 Å². The lowest BCUT2D eigenvalue weighted by atomic mass is 9.97. The largest absolute Gasteiger partial charge is 0.476 e. The van der Waals surface area contributed by atoms with Gasteiger partial charge in [0.1, 0.15) is 12.0 Å². The molecule has 2 rings (SSSR count). The van der Waals surface area contributed by atoms with Gasteiger partial charge < -0.3 is 20.7 Å². The van der Waals surface area contributed by atoms with Crippen molar-refractivity contribution in [2.75, 3.05) is 43.8 Å². The van der Waals surface area contributed by atoms with Crippen molar-refractivity contribution in [3.63, 3.8) is 0 Å². The molecule has 1 fully saturated rings. The molecule has 6 heteroatoms. The summed E-state index contributed by atoms with van der Waals surface area (Å²) in [5.41, 5.74) is 6.57. The first-order valence-corrected chi connectivity index (χ1v) is 7.94. The van der Waals surface area contributed by atoms with Gasteiger partial charge in [0.25, 0.3) is 0 Å². The van der Waals surface area contributed by atoms with E-state index in [0.29, 0.717) is 29.9 Å². The highest BCUT2D eigenvalue weighted by molar-refractivity contribution is 5.66. The average Bonchev–Trinajstić information content (AvgIpc) is 2.53. The summed E-state index contributed by atoms with van der Waals surface area (Å²) in [5, 5.41) is 3.36. The third kappa shape index (κ3) is 4.46. The summed E-state index contributed by atoms with van der Waals surface area (Å²) >= 11 is 0. The molecule has 1 aliphatic rings. The van der Waals surface area contributed by atoms with E-state index in [9.17, 15) is 0 Å². The van der Waals surface area contributed by atoms with Crippen LogP contribution in [0, 0.1) is 5.92 Å². The first-order chi connectivity index (χ1) is 10.2. The normalized spacial score (nSPS) is 16.9. The zero-order valence-electron chi connectivity index (χ0n) is 13.1. The van der Waals surface area contributed by atoms with E-state index in [4.69, 9.17) is 10.5 Å². The van der Waals surface area contributed by atoms with E-state index in [1.54, 1.807) is 0 Å². The van der Waals surface area contributed by atoms with Gasteiger partial charge in [-0.15, -0.1) is 0 Å². The lowest BCUT2D eigenvalue weighted by Gasteiger charge is -2.31. The number of nitrogens with one attached hydrogen (secondary N) is 1. The lowest BCUT2D eigenvalue weighted by Crippen LogP contribution is -2.35. The maximum atomic E-state index is 6.06. The Morgan fingerprint density at radius 2 is 2.10 bits per heavy atom. The van der Waals surface area contributed by atoms with Crippen molar-refractivity contribution in [3.05, 3.63) is 6.33 Å². The van der Waals surface area contributed by atoms with Gasteiger partial charge in [-0.2, -0.15) is 4.98 Å². The van der Waals surface area contributed by atoms with E-state index in [2.05, 4.69) is 34.0 Å². The van der Waals surface area contributed by atoms with Gasteiger partial charge in [-0.25, -0.2) is 4.98 Å². The molecule has 0 bridgehead atoms. The molecule has 3 N–H and O–H groups in total. The van der Waals surface area contributed by atoms with Crippen LogP contribution in [0.1, 0.15) is 33.1 Å². The molecule has 1 saturated heterocycles. The van der Waals surface area contributed by atoms with Gasteiger partial charge in [0, 0.05) is 6.54 Å². The molecule has 0 atom stereocenters. The van der Waals surface area contributed by atoms with Crippen LogP contribution in [0.15, 0.2) is 6.33 Å². The number of piperidine rings is 1. The quantitative estimate of drug-likeness (QED) is 0.800. The van der Waals surface area contributed by atoms with Crippen molar-refractivity contribution in [2.24, 2.45) is 5.92 Å². The minimum Gasteiger partial charge on any atom is -0.476 e. The third-order valence-corrected chi connectivity index (χ3v) is 4.00. The van der Waals surface area contributed by atoms with E-state index in [1.807, 2.05) is 0 Å². The van der Waals surface area contributed by atoms with E-state index < -0.39 is 0 Å². The van der Waals surface area contributed by atoms with Crippen LogP contribution in [0.25, 0.3) is 0 Å². The topological polar surface area (TPSA) is 76.3 Å². The molecule has 6 nitrogen and oxygen atoms in total. The number of nitrogens with zero attached hydrogens (tertiary/aromatic N) is 3. The minimum absolute atomic E-state index is 0.482. The van der Waals surface area contributed by atoms with Gasteiger partial charge in [-0.05, 0) is 44.8 Å². The van der Waals surface area contributed by atoms with Crippen LogP contribution in [0.2, 0.25) is 0 Å². The Balaban J connectivity index is 1.85. The van der Waals surface area contributed by atoms with Crippen molar-refractivity contribution < 1.29 is 4.74 Å². The van der Waals surface area contributed by atoms with Gasteiger partial charge in [0.05, 0.1) is 6.61 Å². The Hall–Kier alpha value is -1.56. The fourth-order valence-electron chi connectivity index (χ4n) is 2.58. The number of nitrogen functional groups attached to an aromatic ring is 1. The number of nitrogens with two attached hydrogens (primary N) is 1. The first-order valence-electron chi connectivity index (χ1n) is 7.94. The summed E-state index contributed by atoms with van der Waals surface area (Å²) in [6, 6.07) is 0. The summed E-state index contributed by atoms with van der Waals surface area (Å²) in [6.07, 6.45) is 4.89. The van der Waals surface area contributed by atoms with Crippen LogP contribution in [0.5, 0.6) is 5.88 Å². The molecule has 21 heavy (non-hydrogen) atoms. The second kappa shape index (κ2) is 8.02. The maximum absolute atomic E-state index is 6.06. The van der Waals surface area contributed by atoms with Crippen LogP contribution in [0.4, 0.5) is 11.5 Å². The first kappa shape index (κ1) is 15.8. The SMILES string of the molecule is CCCOc1ncnc(NCC2CCN(CC)CC2)c1N. The summed E-state index contributed by atoms with van der Waals surface area (Å²) < 4.78 is 5.52. The molecule has 2 heterocycles. The molecule has 1 aromatic heterocycles. The second-order valence-electron chi connectivity index (χ2n) is 5.55. The number of ether oxygens (including phenoxy) is 1. The molecule has 0 unspecified atom stereocenters. The Morgan fingerprint density at radius 3 is 2.76 bits per heavy atom. The molecule has 0 aliphatic carbocycles. The highest BCUT2D eigenvalue weighted by atomic mass is 16.5. The van der Waals surface area contributed by atoms with Crippen LogP contribution in [-0.4, -0.2) is 47.7 Å². The zero-order valence-corrected chi connectivity index (χ0v) is 13.1. The summed E-state index contributed by atoms with van der Waals surface area (Å²) in [7, 11) is 0. The standard InChI is InChI=1S/C15H27N5O/c1-3-9-21-15-13(16)14(18-11-19-15)17-10-12-5-7-20(4-2)8-6-12/h11-12H,3-10,16H2,1-2H3,(H,17,18,19). The lowest BCUT2D eigenvalue weighted by molar-refractivity contribution is 0.198. The zero-order chi connectivity index (χ0) is 15.1. The number of aromatic nitrogens is 2. The highest BCUT2D eigenvalue weighted by Gasteiger charge is 2.18. The van der Waals surface area contributed by atoms with Crippen LogP contribution in [0.3, 0.4) is 0 Å². The Bertz CT molecular complexity index is 432. The van der Waals surface area contributed by atoms with Crippen molar-refractivity contribution in [1.82, 2.24) is 14.9 Å². The molecule has 0 spiro atoms. The van der Waals surface area contributed by atoms with E-state index >= 15 is 0 Å². The molecule has 0 aromatic carbocycles. The van der Waals surface area contributed by atoms with Crippen molar-refractivity contribution in [2.45, 2.75) is 33.1 Å². The smallest absolute Gasteiger partial charge is 0.242 e. The van der Waals surface area contributed by atoms with Crippen LogP contribution < -0.4 is 15.8 Å². The second-order valence-corrected chi connectivity index (χ2v) is 5.55. The van der Waals surface area contributed by atoms with E-state index in [1.165, 1.54) is 32.3 Å². The van der Waals surface area contributed by atoms with Gasteiger partial charge in [0.2, 0.25) is 5.88 Å². The van der Waals surface area contributed by atoms with Gasteiger partial charge >= 0.3 is 0 Å². The van der Waals surface area contributed by atoms with E-state index in [-0.39, 0.29) is 0 Å². The monoisotopic (exact) mass is 293 g/mol. The van der Waals surface area contributed by atoms with Crippen molar-refractivity contribution in [1.29, 1.82) is 0 Å². The predicted octanol–water partition coefficient (Wildman–Crippen LogP) is 1.99. The molecule has 0 amide bonds. The number of rotatable bonds is 7. The van der Waals surface area contributed by atoms with Crippen molar-refractivity contribution >= 4 is 11.5 Å². The minimum atomic E-state index is 0.482. The maximum Gasteiger partial charge on any atom is 0.242 e. The molecule has 0 radical (unpaired) electrons. The summed E-state index contributed by atoms with van der Waals surface area (Å²) in [4.78, 5) is 10.8. The molecule has 118 valence electrons. The molecule has 1 aromatic rings. The van der Waals surface area contributed by atoms with Crippen LogP contribution >= 0.6 is 0 Å².